The summed E-state index contributed by atoms with van der Waals surface area (Å²) in [4.78, 5) is 0. The minimum atomic E-state index is -0.879. The Bertz CT molecular complexity index is 1380. The van der Waals surface area contributed by atoms with E-state index in [4.69, 9.17) is 28.4 Å². The number of benzene rings is 4. The molecule has 5 atom stereocenters. The summed E-state index contributed by atoms with van der Waals surface area (Å²) in [6.07, 6.45) is -2.24. The smallest absolute Gasteiger partial charge is 0.230 e. The maximum absolute atomic E-state index is 6.75. The third-order valence-electron chi connectivity index (χ3n) is 7.60. The third-order valence-corrected chi connectivity index (χ3v) is 7.60. The third kappa shape index (κ3) is 5.49. The van der Waals surface area contributed by atoms with Crippen molar-refractivity contribution in [1.82, 2.24) is 0 Å². The van der Waals surface area contributed by atoms with Crippen LogP contribution in [0.3, 0.4) is 0 Å². The predicted octanol–water partition coefficient (Wildman–Crippen LogP) is 6.42. The average Bonchev–Trinajstić information content (AvgIpc) is 3.00. The molecule has 2 bridgehead atoms. The molecule has 0 aliphatic carbocycles. The van der Waals surface area contributed by atoms with Crippen LogP contribution in [0.25, 0.3) is 0 Å². The first-order chi connectivity index (χ1) is 19.6. The lowest BCUT2D eigenvalue weighted by atomic mass is 9.80. The second-order valence-electron chi connectivity index (χ2n) is 10.3. The average molecular weight is 539 g/mol. The molecule has 40 heavy (non-hydrogen) atoms. The van der Waals surface area contributed by atoms with Crippen molar-refractivity contribution in [1.29, 1.82) is 0 Å². The van der Waals surface area contributed by atoms with Crippen LogP contribution < -0.4 is 9.47 Å². The fourth-order valence-corrected chi connectivity index (χ4v) is 5.48. The predicted molar refractivity (Wildman–Crippen MR) is 151 cm³/mol. The van der Waals surface area contributed by atoms with Gasteiger partial charge in [0.2, 0.25) is 6.29 Å². The molecule has 0 spiro atoms. The number of hydrogen-bond donors (Lipinski definition) is 0. The molecule has 2 heterocycles. The fourth-order valence-electron chi connectivity index (χ4n) is 5.48. The summed E-state index contributed by atoms with van der Waals surface area (Å²) >= 11 is 0. The topological polar surface area (TPSA) is 55.4 Å². The van der Waals surface area contributed by atoms with Gasteiger partial charge >= 0.3 is 0 Å². The molecule has 6 heteroatoms. The molecule has 0 N–H and O–H groups in total. The van der Waals surface area contributed by atoms with Crippen molar-refractivity contribution in [2.24, 2.45) is 0 Å². The van der Waals surface area contributed by atoms with E-state index >= 15 is 0 Å². The summed E-state index contributed by atoms with van der Waals surface area (Å²) in [5, 5.41) is 0. The number of rotatable bonds is 10. The van der Waals surface area contributed by atoms with Crippen molar-refractivity contribution < 1.29 is 28.4 Å². The second kappa shape index (κ2) is 11.8. The summed E-state index contributed by atoms with van der Waals surface area (Å²) in [6, 6.07) is 36.1. The lowest BCUT2D eigenvalue weighted by Crippen LogP contribution is -2.66. The van der Waals surface area contributed by atoms with Crippen molar-refractivity contribution in [2.45, 2.75) is 56.9 Å². The molecule has 2 aliphatic rings. The summed E-state index contributed by atoms with van der Waals surface area (Å²) < 4.78 is 38.7. The van der Waals surface area contributed by atoms with Gasteiger partial charge in [0, 0.05) is 5.56 Å². The van der Waals surface area contributed by atoms with Crippen LogP contribution in [0.2, 0.25) is 0 Å². The Morgan fingerprint density at radius 2 is 1.18 bits per heavy atom. The van der Waals surface area contributed by atoms with Gasteiger partial charge in [0.25, 0.3) is 0 Å². The number of ether oxygens (including phenoxy) is 6. The fraction of sp³-hybridized carbons (Fsp3) is 0.294. The molecule has 6 rings (SSSR count). The Morgan fingerprint density at radius 3 is 1.73 bits per heavy atom. The first-order valence-corrected chi connectivity index (χ1v) is 13.6. The van der Waals surface area contributed by atoms with Crippen LogP contribution in [0.4, 0.5) is 0 Å². The van der Waals surface area contributed by atoms with Gasteiger partial charge in [-0.15, -0.1) is 0 Å². The molecule has 6 nitrogen and oxygen atoms in total. The molecule has 1 saturated heterocycles. The zero-order valence-electron chi connectivity index (χ0n) is 22.8. The first-order valence-electron chi connectivity index (χ1n) is 13.6. The SMILES string of the molecule is COc1ccc2c(c1)[C@]1(C)O[C@H](O2)[C@H](OCc2ccccc2)[C@@H](OCc2ccccc2)[C@@H]1OCc1ccccc1. The Kier molecular flexibility index (Phi) is 7.84. The normalized spacial score (nSPS) is 25.1. The van der Waals surface area contributed by atoms with Crippen molar-refractivity contribution in [3.05, 3.63) is 131 Å². The van der Waals surface area contributed by atoms with Crippen molar-refractivity contribution in [3.8, 4) is 11.5 Å². The zero-order valence-corrected chi connectivity index (χ0v) is 22.8. The van der Waals surface area contributed by atoms with Crippen LogP contribution in [-0.4, -0.2) is 31.7 Å². The van der Waals surface area contributed by atoms with Gasteiger partial charge in [-0.25, -0.2) is 0 Å². The van der Waals surface area contributed by atoms with Gasteiger partial charge in [-0.3, -0.25) is 0 Å². The lowest BCUT2D eigenvalue weighted by Gasteiger charge is -2.54. The molecule has 4 aromatic carbocycles. The van der Waals surface area contributed by atoms with Crippen LogP contribution in [0.5, 0.6) is 11.5 Å². The molecule has 2 aliphatic heterocycles. The van der Waals surface area contributed by atoms with Crippen LogP contribution in [0.15, 0.2) is 109 Å². The van der Waals surface area contributed by atoms with Crippen LogP contribution >= 0.6 is 0 Å². The van der Waals surface area contributed by atoms with Crippen molar-refractivity contribution in [2.75, 3.05) is 7.11 Å². The van der Waals surface area contributed by atoms with E-state index in [-0.39, 0.29) is 0 Å². The van der Waals surface area contributed by atoms with Crippen molar-refractivity contribution in [3.63, 3.8) is 0 Å². The Morgan fingerprint density at radius 1 is 0.650 bits per heavy atom. The second-order valence-corrected chi connectivity index (χ2v) is 10.3. The van der Waals surface area contributed by atoms with Gasteiger partial charge in [0.15, 0.2) is 0 Å². The zero-order chi connectivity index (χ0) is 27.4. The Labute approximate surface area is 235 Å². The van der Waals surface area contributed by atoms with Crippen molar-refractivity contribution >= 4 is 0 Å². The van der Waals surface area contributed by atoms with Gasteiger partial charge < -0.3 is 28.4 Å². The number of fused-ring (bicyclic) bond motifs is 4. The van der Waals surface area contributed by atoms with E-state index in [2.05, 4.69) is 24.3 Å². The summed E-state index contributed by atoms with van der Waals surface area (Å²) in [5.74, 6) is 1.44. The Balaban J connectivity index is 1.38. The molecule has 0 saturated carbocycles. The maximum atomic E-state index is 6.75. The van der Waals surface area contributed by atoms with E-state index in [1.807, 2.05) is 91.9 Å². The highest BCUT2D eigenvalue weighted by Gasteiger charge is 2.59. The molecule has 0 aromatic heterocycles. The minimum Gasteiger partial charge on any atom is -0.497 e. The molecule has 0 amide bonds. The van der Waals surface area contributed by atoms with Gasteiger partial charge in [0.05, 0.1) is 26.9 Å². The number of hydrogen-bond acceptors (Lipinski definition) is 6. The molecule has 206 valence electrons. The van der Waals surface area contributed by atoms with Crippen LogP contribution in [0.1, 0.15) is 29.2 Å². The van der Waals surface area contributed by atoms with Gasteiger partial charge in [-0.1, -0.05) is 91.0 Å². The van der Waals surface area contributed by atoms with E-state index < -0.39 is 30.2 Å². The van der Waals surface area contributed by atoms with Crippen LogP contribution in [0, 0.1) is 0 Å². The molecular formula is C34H34O6. The quantitative estimate of drug-likeness (QED) is 0.232. The van der Waals surface area contributed by atoms with E-state index in [1.165, 1.54) is 0 Å². The summed E-state index contributed by atoms with van der Waals surface area (Å²) in [6.45, 7) is 3.22. The molecule has 4 aromatic rings. The lowest BCUT2D eigenvalue weighted by molar-refractivity contribution is -0.348. The highest BCUT2D eigenvalue weighted by molar-refractivity contribution is 5.46. The van der Waals surface area contributed by atoms with E-state index in [9.17, 15) is 0 Å². The monoisotopic (exact) mass is 538 g/mol. The van der Waals surface area contributed by atoms with Crippen LogP contribution in [-0.2, 0) is 44.4 Å². The Hall–Kier alpha value is -3.68. The van der Waals surface area contributed by atoms with E-state index in [0.717, 1.165) is 33.8 Å². The minimum absolute atomic E-state index is 0.386. The highest BCUT2D eigenvalue weighted by Crippen LogP contribution is 2.50. The molecular weight excluding hydrogens is 504 g/mol. The van der Waals surface area contributed by atoms with E-state index in [0.29, 0.717) is 19.8 Å². The van der Waals surface area contributed by atoms with Gasteiger partial charge in [-0.05, 0) is 41.8 Å². The highest BCUT2D eigenvalue weighted by atomic mass is 16.7. The number of methoxy groups -OCH3 is 1. The largest absolute Gasteiger partial charge is 0.497 e. The van der Waals surface area contributed by atoms with Gasteiger partial charge in [0.1, 0.15) is 35.4 Å². The maximum Gasteiger partial charge on any atom is 0.230 e. The first kappa shape index (κ1) is 26.5. The molecule has 0 unspecified atom stereocenters. The van der Waals surface area contributed by atoms with E-state index in [1.54, 1.807) is 7.11 Å². The van der Waals surface area contributed by atoms with Gasteiger partial charge in [-0.2, -0.15) is 0 Å². The molecule has 0 radical (unpaired) electrons. The summed E-state index contributed by atoms with van der Waals surface area (Å²) in [5.41, 5.74) is 3.16. The molecule has 1 fully saturated rings. The summed E-state index contributed by atoms with van der Waals surface area (Å²) in [7, 11) is 1.65. The standard InChI is InChI=1S/C34H34O6/c1-34-28-20-27(35-2)18-19-29(28)39-33(40-34)31(37-22-25-14-8-4-9-15-25)30(36-21-24-12-6-3-7-13-24)32(34)38-23-26-16-10-5-11-17-26/h3-20,30-33H,21-23H2,1-2H3/t30-,31-,32+,33+,34+/m1/s1.